The van der Waals surface area contributed by atoms with Crippen LogP contribution >= 0.6 is 0 Å². The fourth-order valence-electron chi connectivity index (χ4n) is 1.91. The summed E-state index contributed by atoms with van der Waals surface area (Å²) in [5.41, 5.74) is -0.0319. The van der Waals surface area contributed by atoms with E-state index < -0.39 is 47.9 Å². The van der Waals surface area contributed by atoms with Crippen molar-refractivity contribution in [1.82, 2.24) is 0 Å². The van der Waals surface area contributed by atoms with Crippen molar-refractivity contribution in [3.63, 3.8) is 0 Å². The monoisotopic (exact) mass is 401 g/mol. The highest BCUT2D eigenvalue weighted by Gasteiger charge is 2.30. The molecule has 0 saturated carbocycles. The summed E-state index contributed by atoms with van der Waals surface area (Å²) in [6, 6.07) is 7.11. The molecule has 0 radical (unpaired) electrons. The summed E-state index contributed by atoms with van der Waals surface area (Å²) in [6.07, 6.45) is -2.63. The molecule has 1 amide bonds. The van der Waals surface area contributed by atoms with Gasteiger partial charge in [0.15, 0.2) is 6.61 Å². The lowest BCUT2D eigenvalue weighted by atomic mass is 10.2. The van der Waals surface area contributed by atoms with Gasteiger partial charge in [-0.2, -0.15) is 0 Å². The topological polar surface area (TPSA) is 64.6 Å². The Morgan fingerprint density at radius 1 is 1.04 bits per heavy atom. The average Bonchev–Trinajstić information content (AvgIpc) is 2.61. The van der Waals surface area contributed by atoms with Gasteiger partial charge in [-0.05, 0) is 35.9 Å². The standard InChI is InChI=1S/C18H12F5NO4/c19-12-4-7-14(20)15(9-12)24-16(25)10-27-17(26)8-3-11-1-5-13(6-2-11)28-18(21,22)23/h1-9H,10H2,(H,24,25)/b8-3+. The van der Waals surface area contributed by atoms with Crippen molar-refractivity contribution in [2.45, 2.75) is 6.36 Å². The number of hydrogen-bond donors (Lipinski definition) is 1. The number of amides is 1. The number of ether oxygens (including phenoxy) is 2. The van der Waals surface area contributed by atoms with E-state index in [0.717, 1.165) is 36.4 Å². The second-order valence-electron chi connectivity index (χ2n) is 5.23. The molecule has 1 N–H and O–H groups in total. The first-order valence-electron chi connectivity index (χ1n) is 7.58. The van der Waals surface area contributed by atoms with Crippen LogP contribution in [0.2, 0.25) is 0 Å². The highest BCUT2D eigenvalue weighted by atomic mass is 19.4. The van der Waals surface area contributed by atoms with Crippen LogP contribution in [0, 0.1) is 11.6 Å². The smallest absolute Gasteiger partial charge is 0.452 e. The number of carbonyl (C=O) groups is 2. The van der Waals surface area contributed by atoms with Crippen LogP contribution in [-0.4, -0.2) is 24.8 Å². The van der Waals surface area contributed by atoms with Crippen LogP contribution in [-0.2, 0) is 14.3 Å². The third-order valence-electron chi connectivity index (χ3n) is 3.07. The number of nitrogens with one attached hydrogen (secondary N) is 1. The molecule has 148 valence electrons. The predicted octanol–water partition coefficient (Wildman–Crippen LogP) is 4.06. The zero-order valence-electron chi connectivity index (χ0n) is 13.9. The van der Waals surface area contributed by atoms with Gasteiger partial charge >= 0.3 is 12.3 Å². The minimum absolute atomic E-state index is 0.373. The van der Waals surface area contributed by atoms with Gasteiger partial charge < -0.3 is 14.8 Å². The van der Waals surface area contributed by atoms with Gasteiger partial charge in [-0.25, -0.2) is 13.6 Å². The minimum Gasteiger partial charge on any atom is -0.452 e. The summed E-state index contributed by atoms with van der Waals surface area (Å²) in [7, 11) is 0. The highest BCUT2D eigenvalue weighted by Crippen LogP contribution is 2.23. The van der Waals surface area contributed by atoms with Crippen LogP contribution in [0.1, 0.15) is 5.56 Å². The summed E-state index contributed by atoms with van der Waals surface area (Å²) in [5, 5.41) is 2.04. The van der Waals surface area contributed by atoms with E-state index in [0.29, 0.717) is 5.56 Å². The average molecular weight is 401 g/mol. The Morgan fingerprint density at radius 3 is 2.36 bits per heavy atom. The van der Waals surface area contributed by atoms with Crippen molar-refractivity contribution in [3.8, 4) is 5.75 Å². The van der Waals surface area contributed by atoms with Gasteiger partial charge in [0.05, 0.1) is 5.69 Å². The molecule has 5 nitrogen and oxygen atoms in total. The van der Waals surface area contributed by atoms with Gasteiger partial charge in [0.2, 0.25) is 0 Å². The van der Waals surface area contributed by atoms with Gasteiger partial charge in [0.25, 0.3) is 5.91 Å². The highest BCUT2D eigenvalue weighted by molar-refractivity contribution is 5.94. The van der Waals surface area contributed by atoms with Crippen LogP contribution in [0.4, 0.5) is 27.6 Å². The van der Waals surface area contributed by atoms with Crippen LogP contribution in [0.3, 0.4) is 0 Å². The third kappa shape index (κ3) is 7.06. The van der Waals surface area contributed by atoms with Crippen LogP contribution in [0.15, 0.2) is 48.5 Å². The zero-order valence-corrected chi connectivity index (χ0v) is 13.9. The van der Waals surface area contributed by atoms with Gasteiger partial charge in [-0.3, -0.25) is 4.79 Å². The lowest BCUT2D eigenvalue weighted by Gasteiger charge is -2.08. The molecule has 0 atom stereocenters. The summed E-state index contributed by atoms with van der Waals surface area (Å²) >= 11 is 0. The molecule has 0 aromatic heterocycles. The first-order valence-corrected chi connectivity index (χ1v) is 7.58. The molecular weight excluding hydrogens is 389 g/mol. The number of benzene rings is 2. The molecule has 0 aliphatic heterocycles. The number of anilines is 1. The molecule has 2 aromatic carbocycles. The van der Waals surface area contributed by atoms with E-state index in [2.05, 4.69) is 9.47 Å². The van der Waals surface area contributed by atoms with Crippen LogP contribution < -0.4 is 10.1 Å². The molecule has 0 saturated heterocycles. The number of rotatable bonds is 6. The number of carbonyl (C=O) groups excluding carboxylic acids is 2. The molecule has 0 unspecified atom stereocenters. The summed E-state index contributed by atoms with van der Waals surface area (Å²) in [5.74, 6) is -3.86. The molecular formula is C18H12F5NO4. The number of halogens is 5. The Morgan fingerprint density at radius 2 is 1.71 bits per heavy atom. The SMILES string of the molecule is O=C(COC(=O)/C=C/c1ccc(OC(F)(F)F)cc1)Nc1cc(F)ccc1F. The first-order chi connectivity index (χ1) is 13.1. The Hall–Kier alpha value is -3.43. The van der Waals surface area contributed by atoms with E-state index in [4.69, 9.17) is 0 Å². The first kappa shape index (κ1) is 20.9. The predicted molar refractivity (Wildman–Crippen MR) is 88.1 cm³/mol. The summed E-state index contributed by atoms with van der Waals surface area (Å²) in [4.78, 5) is 23.2. The Bertz CT molecular complexity index is 879. The van der Waals surface area contributed by atoms with Gasteiger partial charge in [-0.15, -0.1) is 13.2 Å². The maximum Gasteiger partial charge on any atom is 0.573 e. The van der Waals surface area contributed by atoms with E-state index in [1.165, 1.54) is 18.2 Å². The van der Waals surface area contributed by atoms with Crippen molar-refractivity contribution < 1.29 is 41.0 Å². The zero-order chi connectivity index (χ0) is 20.7. The van der Waals surface area contributed by atoms with E-state index in [1.54, 1.807) is 0 Å². The van der Waals surface area contributed by atoms with Crippen molar-refractivity contribution in [3.05, 3.63) is 65.7 Å². The normalized spacial score (nSPS) is 11.3. The fourth-order valence-corrected chi connectivity index (χ4v) is 1.91. The summed E-state index contributed by atoms with van der Waals surface area (Å²) in [6.45, 7) is -0.752. The van der Waals surface area contributed by atoms with E-state index in [9.17, 15) is 31.5 Å². The minimum atomic E-state index is -4.81. The maximum absolute atomic E-state index is 13.4. The largest absolute Gasteiger partial charge is 0.573 e. The van der Waals surface area contributed by atoms with Gasteiger partial charge in [0, 0.05) is 12.1 Å². The van der Waals surface area contributed by atoms with Gasteiger partial charge in [-0.1, -0.05) is 12.1 Å². The molecule has 0 aliphatic rings. The van der Waals surface area contributed by atoms with E-state index in [-0.39, 0.29) is 0 Å². The lowest BCUT2D eigenvalue weighted by Crippen LogP contribution is -2.20. The molecule has 2 rings (SSSR count). The molecule has 0 aliphatic carbocycles. The summed E-state index contributed by atoms with van der Waals surface area (Å²) < 4.78 is 70.9. The molecule has 28 heavy (non-hydrogen) atoms. The number of esters is 1. The van der Waals surface area contributed by atoms with Crippen molar-refractivity contribution in [2.75, 3.05) is 11.9 Å². The Balaban J connectivity index is 1.83. The Labute approximate surface area is 155 Å². The lowest BCUT2D eigenvalue weighted by molar-refractivity contribution is -0.274. The van der Waals surface area contributed by atoms with Gasteiger partial charge in [0.1, 0.15) is 17.4 Å². The molecule has 0 spiro atoms. The fraction of sp³-hybridized carbons (Fsp3) is 0.111. The molecule has 2 aromatic rings. The number of alkyl halides is 3. The molecule has 10 heteroatoms. The maximum atomic E-state index is 13.4. The third-order valence-corrected chi connectivity index (χ3v) is 3.07. The Kier molecular flexibility index (Phi) is 6.69. The van der Waals surface area contributed by atoms with Crippen LogP contribution in [0.5, 0.6) is 5.75 Å². The van der Waals surface area contributed by atoms with Crippen LogP contribution in [0.25, 0.3) is 6.08 Å². The van der Waals surface area contributed by atoms with Crippen molar-refractivity contribution in [1.29, 1.82) is 0 Å². The van der Waals surface area contributed by atoms with E-state index >= 15 is 0 Å². The number of hydrogen-bond acceptors (Lipinski definition) is 4. The van der Waals surface area contributed by atoms with E-state index in [1.807, 2.05) is 5.32 Å². The quantitative estimate of drug-likeness (QED) is 0.451. The molecule has 0 bridgehead atoms. The second kappa shape index (κ2) is 8.98. The van der Waals surface area contributed by atoms with Crippen molar-refractivity contribution in [2.24, 2.45) is 0 Å². The molecule has 0 fully saturated rings. The molecule has 0 heterocycles. The van der Waals surface area contributed by atoms with Crippen molar-refractivity contribution >= 4 is 23.6 Å². The second-order valence-corrected chi connectivity index (χ2v) is 5.23.